The summed E-state index contributed by atoms with van der Waals surface area (Å²) in [6.45, 7) is 6.32. The number of ether oxygens (including phenoxy) is 1. The van der Waals surface area contributed by atoms with Crippen LogP contribution in [-0.2, 0) is 4.74 Å². The Hall–Kier alpha value is -1.75. The van der Waals surface area contributed by atoms with Gasteiger partial charge in [-0.2, -0.15) is 0 Å². The fourth-order valence-electron chi connectivity index (χ4n) is 1.97. The Morgan fingerprint density at radius 2 is 2.22 bits per heavy atom. The highest BCUT2D eigenvalue weighted by Crippen LogP contribution is 2.24. The molecule has 3 N–H and O–H groups in total. The highest BCUT2D eigenvalue weighted by atomic mass is 16.5. The van der Waals surface area contributed by atoms with Crippen molar-refractivity contribution in [1.82, 2.24) is 0 Å². The summed E-state index contributed by atoms with van der Waals surface area (Å²) >= 11 is 0. The first-order chi connectivity index (χ1) is 8.65. The number of aryl methyl sites for hydroxylation is 1. The molecule has 18 heavy (non-hydrogen) atoms. The van der Waals surface area contributed by atoms with Crippen molar-refractivity contribution in [3.63, 3.8) is 0 Å². The van der Waals surface area contributed by atoms with Gasteiger partial charge in [0.05, 0.1) is 12.3 Å². The Balaban J connectivity index is 3.18. The van der Waals surface area contributed by atoms with Crippen molar-refractivity contribution in [3.8, 4) is 0 Å². The molecule has 0 fully saturated rings. The molecule has 0 saturated carbocycles. The van der Waals surface area contributed by atoms with E-state index in [2.05, 4.69) is 17.0 Å². The fraction of sp³-hybridized carbons (Fsp3) is 0.462. The molecule has 0 atom stereocenters. The minimum atomic E-state index is 0.129. The van der Waals surface area contributed by atoms with Gasteiger partial charge in [-0.05, 0) is 25.5 Å². The molecular formula is C13H21N3O2. The van der Waals surface area contributed by atoms with Gasteiger partial charge in [0, 0.05) is 25.8 Å². The number of benzene rings is 1. The van der Waals surface area contributed by atoms with Crippen molar-refractivity contribution in [2.24, 2.45) is 10.9 Å². The van der Waals surface area contributed by atoms with E-state index in [9.17, 15) is 0 Å². The lowest BCUT2D eigenvalue weighted by atomic mass is 10.1. The molecular weight excluding hydrogens is 230 g/mol. The molecule has 100 valence electrons. The summed E-state index contributed by atoms with van der Waals surface area (Å²) in [4.78, 5) is 2.16. The van der Waals surface area contributed by atoms with Crippen LogP contribution in [-0.4, -0.2) is 37.8 Å². The SMILES string of the molecule is CCN(CCOC)c1c(C)cccc1/C(N)=N/O. The van der Waals surface area contributed by atoms with Crippen LogP contribution in [0.5, 0.6) is 0 Å². The summed E-state index contributed by atoms with van der Waals surface area (Å²) < 4.78 is 5.11. The van der Waals surface area contributed by atoms with E-state index < -0.39 is 0 Å². The molecule has 0 aliphatic carbocycles. The predicted molar refractivity (Wildman–Crippen MR) is 73.5 cm³/mol. The molecule has 0 radical (unpaired) electrons. The molecule has 0 saturated heterocycles. The van der Waals surface area contributed by atoms with Gasteiger partial charge in [0.25, 0.3) is 0 Å². The van der Waals surface area contributed by atoms with Crippen LogP contribution < -0.4 is 10.6 Å². The van der Waals surface area contributed by atoms with Crippen molar-refractivity contribution >= 4 is 11.5 Å². The van der Waals surface area contributed by atoms with E-state index in [0.717, 1.165) is 29.9 Å². The summed E-state index contributed by atoms with van der Waals surface area (Å²) in [6, 6.07) is 5.77. The van der Waals surface area contributed by atoms with Crippen LogP contribution >= 0.6 is 0 Å². The lowest BCUT2D eigenvalue weighted by Crippen LogP contribution is -2.30. The Morgan fingerprint density at radius 1 is 1.50 bits per heavy atom. The summed E-state index contributed by atoms with van der Waals surface area (Å²) in [6.07, 6.45) is 0. The predicted octanol–water partition coefficient (Wildman–Crippen LogP) is 1.56. The second kappa shape index (κ2) is 6.86. The van der Waals surface area contributed by atoms with Crippen LogP contribution in [0.15, 0.2) is 23.4 Å². The van der Waals surface area contributed by atoms with Crippen molar-refractivity contribution < 1.29 is 9.94 Å². The Kier molecular flexibility index (Phi) is 5.45. The Labute approximate surface area is 108 Å². The van der Waals surface area contributed by atoms with E-state index in [1.54, 1.807) is 7.11 Å². The number of hydrogen-bond donors (Lipinski definition) is 2. The average molecular weight is 251 g/mol. The van der Waals surface area contributed by atoms with E-state index in [1.165, 1.54) is 0 Å². The zero-order valence-corrected chi connectivity index (χ0v) is 11.2. The van der Waals surface area contributed by atoms with E-state index in [1.807, 2.05) is 25.1 Å². The second-order valence-electron chi connectivity index (χ2n) is 4.03. The number of anilines is 1. The minimum Gasteiger partial charge on any atom is -0.409 e. The first kappa shape index (κ1) is 14.3. The highest BCUT2D eigenvalue weighted by molar-refractivity contribution is 6.02. The highest BCUT2D eigenvalue weighted by Gasteiger charge is 2.14. The second-order valence-corrected chi connectivity index (χ2v) is 4.03. The van der Waals surface area contributed by atoms with Crippen molar-refractivity contribution in [2.45, 2.75) is 13.8 Å². The number of nitrogens with zero attached hydrogens (tertiary/aromatic N) is 2. The maximum atomic E-state index is 8.85. The summed E-state index contributed by atoms with van der Waals surface area (Å²) in [5, 5.41) is 11.9. The largest absolute Gasteiger partial charge is 0.409 e. The monoisotopic (exact) mass is 251 g/mol. The molecule has 0 aliphatic heterocycles. The van der Waals surface area contributed by atoms with Gasteiger partial charge in [0.1, 0.15) is 0 Å². The average Bonchev–Trinajstić information content (AvgIpc) is 2.40. The number of hydrogen-bond acceptors (Lipinski definition) is 4. The molecule has 0 spiro atoms. The molecule has 1 rings (SSSR count). The third kappa shape index (κ3) is 3.13. The van der Waals surface area contributed by atoms with Crippen molar-refractivity contribution in [3.05, 3.63) is 29.3 Å². The van der Waals surface area contributed by atoms with Gasteiger partial charge >= 0.3 is 0 Å². The number of methoxy groups -OCH3 is 1. The standard InChI is InChI=1S/C13H21N3O2/c1-4-16(8-9-18-3)12-10(2)6-5-7-11(12)13(14)15-17/h5-7,17H,4,8-9H2,1-3H3,(H2,14,15). The van der Waals surface area contributed by atoms with Gasteiger partial charge in [-0.3, -0.25) is 0 Å². The van der Waals surface area contributed by atoms with E-state index >= 15 is 0 Å². The number of nitrogens with two attached hydrogens (primary N) is 1. The number of oxime groups is 1. The maximum Gasteiger partial charge on any atom is 0.172 e. The molecule has 0 heterocycles. The van der Waals surface area contributed by atoms with Gasteiger partial charge < -0.3 is 20.6 Å². The lowest BCUT2D eigenvalue weighted by Gasteiger charge is -2.27. The van der Waals surface area contributed by atoms with Crippen LogP contribution in [0, 0.1) is 6.92 Å². The van der Waals surface area contributed by atoms with Crippen LogP contribution in [0.4, 0.5) is 5.69 Å². The van der Waals surface area contributed by atoms with E-state index in [-0.39, 0.29) is 5.84 Å². The topological polar surface area (TPSA) is 71.1 Å². The third-order valence-corrected chi connectivity index (χ3v) is 2.88. The number of para-hydroxylation sites is 1. The van der Waals surface area contributed by atoms with Crippen LogP contribution in [0.3, 0.4) is 0 Å². The first-order valence-electron chi connectivity index (χ1n) is 5.97. The van der Waals surface area contributed by atoms with Crippen molar-refractivity contribution in [1.29, 1.82) is 0 Å². The molecule has 1 aromatic carbocycles. The van der Waals surface area contributed by atoms with E-state index in [4.69, 9.17) is 15.7 Å². The maximum absolute atomic E-state index is 8.85. The van der Waals surface area contributed by atoms with Crippen molar-refractivity contribution in [2.75, 3.05) is 31.7 Å². The molecule has 1 aromatic rings. The summed E-state index contributed by atoms with van der Waals surface area (Å²) in [5.41, 5.74) is 8.56. The smallest absolute Gasteiger partial charge is 0.172 e. The summed E-state index contributed by atoms with van der Waals surface area (Å²) in [7, 11) is 1.68. The van der Waals surface area contributed by atoms with Gasteiger partial charge in [-0.25, -0.2) is 0 Å². The van der Waals surface area contributed by atoms with Crippen LogP contribution in [0.25, 0.3) is 0 Å². The molecule has 0 amide bonds. The van der Waals surface area contributed by atoms with Gasteiger partial charge in [0.15, 0.2) is 5.84 Å². The Morgan fingerprint density at radius 3 is 2.78 bits per heavy atom. The first-order valence-corrected chi connectivity index (χ1v) is 5.97. The molecule has 0 bridgehead atoms. The van der Waals surface area contributed by atoms with E-state index in [0.29, 0.717) is 6.61 Å². The fourth-order valence-corrected chi connectivity index (χ4v) is 1.97. The van der Waals surface area contributed by atoms with Gasteiger partial charge in [-0.1, -0.05) is 17.3 Å². The normalized spacial score (nSPS) is 11.6. The molecule has 0 unspecified atom stereocenters. The molecule has 5 heteroatoms. The quantitative estimate of drug-likeness (QED) is 0.348. The van der Waals surface area contributed by atoms with Crippen LogP contribution in [0.2, 0.25) is 0 Å². The summed E-state index contributed by atoms with van der Waals surface area (Å²) in [5.74, 6) is 0.129. The lowest BCUT2D eigenvalue weighted by molar-refractivity contribution is 0.205. The van der Waals surface area contributed by atoms with Gasteiger partial charge in [0.2, 0.25) is 0 Å². The molecule has 0 aromatic heterocycles. The number of rotatable bonds is 6. The van der Waals surface area contributed by atoms with Gasteiger partial charge in [-0.15, -0.1) is 0 Å². The Bertz CT molecular complexity index is 419. The molecule has 5 nitrogen and oxygen atoms in total. The molecule has 0 aliphatic rings. The van der Waals surface area contributed by atoms with Crippen LogP contribution in [0.1, 0.15) is 18.1 Å². The minimum absolute atomic E-state index is 0.129. The zero-order chi connectivity index (χ0) is 13.5. The zero-order valence-electron chi connectivity index (χ0n) is 11.2. The number of likely N-dealkylation sites (N-methyl/N-ethyl adjacent to an activating group) is 1. The number of amidine groups is 1. The third-order valence-electron chi connectivity index (χ3n) is 2.88.